The van der Waals surface area contributed by atoms with Crippen molar-refractivity contribution in [1.82, 2.24) is 0 Å². The Kier molecular flexibility index (Phi) is 9.93. The Balaban J connectivity index is 2.31. The van der Waals surface area contributed by atoms with Crippen molar-refractivity contribution in [3.8, 4) is 39.9 Å². The lowest BCUT2D eigenvalue weighted by Crippen LogP contribution is -2.45. The van der Waals surface area contributed by atoms with Crippen LogP contribution in [0.5, 0.6) is 28.7 Å². The van der Waals surface area contributed by atoms with Gasteiger partial charge >= 0.3 is 5.63 Å². The topological polar surface area (TPSA) is 76.4 Å². The fourth-order valence-electron chi connectivity index (χ4n) is 3.96. The standard InChI is InChI=1S/C35H56O7Si3/c1-33(2,3)43(12,13)40-28-21-23-20-25(32(36)39-27(23)22-29(28)41-44(14,15)34(4,5)6)24-18-19-26(37-10)31(30(24)38-11)42-45(16,17)35(7,8)9/h18-22H,1-17H3. The van der Waals surface area contributed by atoms with Crippen molar-refractivity contribution < 1.29 is 27.2 Å². The molecule has 10 heteroatoms. The van der Waals surface area contributed by atoms with Gasteiger partial charge in [0.15, 0.2) is 17.2 Å². The first kappa shape index (κ1) is 36.8. The second-order valence-electron chi connectivity index (χ2n) is 16.5. The Labute approximate surface area is 274 Å². The fraction of sp³-hybridized carbons (Fsp3) is 0.571. The summed E-state index contributed by atoms with van der Waals surface area (Å²) in [6.45, 7) is 32.9. The molecule has 0 fully saturated rings. The van der Waals surface area contributed by atoms with Gasteiger partial charge in [-0.2, -0.15) is 0 Å². The van der Waals surface area contributed by atoms with Crippen LogP contribution in [0, 0.1) is 0 Å². The molecule has 0 saturated heterocycles. The Morgan fingerprint density at radius 1 is 0.556 bits per heavy atom. The van der Waals surface area contributed by atoms with Gasteiger partial charge in [0.2, 0.25) is 0 Å². The third-order valence-electron chi connectivity index (χ3n) is 10.1. The summed E-state index contributed by atoms with van der Waals surface area (Å²) < 4.78 is 38.0. The lowest BCUT2D eigenvalue weighted by molar-refractivity contribution is 0.355. The van der Waals surface area contributed by atoms with Crippen molar-refractivity contribution in [2.75, 3.05) is 14.2 Å². The molecule has 250 valence electrons. The number of hydrogen-bond acceptors (Lipinski definition) is 7. The molecule has 1 heterocycles. The maximum absolute atomic E-state index is 13.7. The lowest BCUT2D eigenvalue weighted by atomic mass is 10.0. The molecule has 2 aromatic carbocycles. The van der Waals surface area contributed by atoms with Crippen molar-refractivity contribution in [1.29, 1.82) is 0 Å². The van der Waals surface area contributed by atoms with E-state index < -0.39 is 30.6 Å². The predicted octanol–water partition coefficient (Wildman–Crippen LogP) is 10.6. The number of hydrogen-bond donors (Lipinski definition) is 0. The molecular formula is C35H56O7Si3. The van der Waals surface area contributed by atoms with Gasteiger partial charge in [0.05, 0.1) is 19.8 Å². The number of methoxy groups -OCH3 is 2. The molecule has 1 aromatic heterocycles. The molecule has 0 amide bonds. The van der Waals surface area contributed by atoms with Crippen LogP contribution in [0.4, 0.5) is 0 Å². The van der Waals surface area contributed by atoms with Crippen LogP contribution in [0.25, 0.3) is 22.1 Å². The molecule has 7 nitrogen and oxygen atoms in total. The van der Waals surface area contributed by atoms with Gasteiger partial charge in [-0.3, -0.25) is 0 Å². The molecule has 0 radical (unpaired) electrons. The predicted molar refractivity (Wildman–Crippen MR) is 194 cm³/mol. The van der Waals surface area contributed by atoms with Gasteiger partial charge in [0.1, 0.15) is 17.1 Å². The van der Waals surface area contributed by atoms with Gasteiger partial charge in [0.25, 0.3) is 25.0 Å². The van der Waals surface area contributed by atoms with Crippen LogP contribution in [-0.2, 0) is 0 Å². The van der Waals surface area contributed by atoms with E-state index in [4.69, 9.17) is 27.2 Å². The van der Waals surface area contributed by atoms with E-state index in [1.807, 2.05) is 30.3 Å². The van der Waals surface area contributed by atoms with Crippen LogP contribution in [0.3, 0.4) is 0 Å². The summed E-state index contributed by atoms with van der Waals surface area (Å²) in [6, 6.07) is 9.24. The highest BCUT2D eigenvalue weighted by molar-refractivity contribution is 6.76. The molecule has 0 bridgehead atoms. The van der Waals surface area contributed by atoms with E-state index in [1.54, 1.807) is 14.2 Å². The largest absolute Gasteiger partial charge is 0.541 e. The van der Waals surface area contributed by atoms with Crippen molar-refractivity contribution in [3.63, 3.8) is 0 Å². The van der Waals surface area contributed by atoms with E-state index in [0.29, 0.717) is 45.5 Å². The molecule has 0 N–H and O–H groups in total. The average Bonchev–Trinajstić information content (AvgIpc) is 2.86. The van der Waals surface area contributed by atoms with Crippen LogP contribution >= 0.6 is 0 Å². The highest BCUT2D eigenvalue weighted by atomic mass is 28.4. The lowest BCUT2D eigenvalue weighted by Gasteiger charge is -2.39. The first-order valence-electron chi connectivity index (χ1n) is 15.7. The minimum Gasteiger partial charge on any atom is -0.541 e. The fourth-order valence-corrected chi connectivity index (χ4v) is 7.00. The monoisotopic (exact) mass is 672 g/mol. The smallest absolute Gasteiger partial charge is 0.344 e. The zero-order valence-corrected chi connectivity index (χ0v) is 33.7. The van der Waals surface area contributed by atoms with Gasteiger partial charge in [-0.25, -0.2) is 4.79 Å². The van der Waals surface area contributed by atoms with Crippen LogP contribution in [0.2, 0.25) is 54.4 Å². The van der Waals surface area contributed by atoms with E-state index in [2.05, 4.69) is 102 Å². The molecule has 45 heavy (non-hydrogen) atoms. The molecule has 0 aliphatic heterocycles. The second kappa shape index (κ2) is 12.2. The van der Waals surface area contributed by atoms with Crippen molar-refractivity contribution in [3.05, 3.63) is 40.8 Å². The molecule has 3 rings (SSSR count). The van der Waals surface area contributed by atoms with Gasteiger partial charge in [-0.05, 0) is 78.7 Å². The van der Waals surface area contributed by atoms with Crippen molar-refractivity contribution in [2.24, 2.45) is 0 Å². The summed E-state index contributed by atoms with van der Waals surface area (Å²) >= 11 is 0. The first-order chi connectivity index (χ1) is 20.3. The molecule has 0 atom stereocenters. The molecule has 3 aromatic rings. The van der Waals surface area contributed by atoms with Crippen molar-refractivity contribution in [2.45, 2.75) is 117 Å². The minimum atomic E-state index is -2.29. The maximum Gasteiger partial charge on any atom is 0.344 e. The summed E-state index contributed by atoms with van der Waals surface area (Å²) in [6.07, 6.45) is 0. The third kappa shape index (κ3) is 7.49. The minimum absolute atomic E-state index is 0.0262. The molecule has 0 saturated carbocycles. The molecule has 0 unspecified atom stereocenters. The molecule has 0 spiro atoms. The van der Waals surface area contributed by atoms with Crippen LogP contribution in [-0.4, -0.2) is 39.2 Å². The van der Waals surface area contributed by atoms with E-state index in [-0.39, 0.29) is 15.1 Å². The van der Waals surface area contributed by atoms with Gasteiger partial charge in [0, 0.05) is 17.0 Å². The summed E-state index contributed by atoms with van der Waals surface area (Å²) in [7, 11) is -3.61. The van der Waals surface area contributed by atoms with Gasteiger partial charge in [-0.1, -0.05) is 62.3 Å². The van der Waals surface area contributed by atoms with E-state index >= 15 is 0 Å². The summed E-state index contributed by atoms with van der Waals surface area (Å²) in [5.41, 5.74) is 0.875. The molecule has 0 aliphatic rings. The first-order valence-corrected chi connectivity index (χ1v) is 24.4. The Morgan fingerprint density at radius 3 is 1.47 bits per heavy atom. The van der Waals surface area contributed by atoms with Crippen LogP contribution in [0.1, 0.15) is 62.3 Å². The van der Waals surface area contributed by atoms with E-state index in [1.165, 1.54) is 0 Å². The third-order valence-corrected chi connectivity index (χ3v) is 23.1. The highest BCUT2D eigenvalue weighted by Gasteiger charge is 2.43. The average molecular weight is 673 g/mol. The maximum atomic E-state index is 13.7. The Morgan fingerprint density at radius 2 is 1.02 bits per heavy atom. The van der Waals surface area contributed by atoms with E-state index in [0.717, 1.165) is 5.39 Å². The number of benzene rings is 2. The summed E-state index contributed by atoms with van der Waals surface area (Å²) in [5.74, 6) is 2.75. The number of rotatable bonds is 9. The van der Waals surface area contributed by atoms with Gasteiger partial charge < -0.3 is 27.2 Å². The van der Waals surface area contributed by atoms with Crippen LogP contribution < -0.4 is 28.4 Å². The van der Waals surface area contributed by atoms with Crippen molar-refractivity contribution >= 4 is 35.9 Å². The number of fused-ring (bicyclic) bond motifs is 1. The SMILES string of the molecule is COc1ccc(-c2cc3cc(O[Si](C)(C)C(C)(C)C)c(O[Si](C)(C)C(C)(C)C)cc3oc2=O)c(OC)c1O[Si](C)(C)C(C)(C)C. The molecular weight excluding hydrogens is 617 g/mol. The normalized spacial score (nSPS) is 13.5. The second-order valence-corrected chi connectivity index (χ2v) is 30.7. The highest BCUT2D eigenvalue weighted by Crippen LogP contribution is 2.49. The Bertz CT molecular complexity index is 1600. The van der Waals surface area contributed by atoms with Gasteiger partial charge in [-0.15, -0.1) is 0 Å². The Hall–Kier alpha value is -2.70. The van der Waals surface area contributed by atoms with Crippen LogP contribution in [0.15, 0.2) is 39.5 Å². The molecule has 0 aliphatic carbocycles. The summed E-state index contributed by atoms with van der Waals surface area (Å²) in [4.78, 5) is 13.7. The van der Waals surface area contributed by atoms with E-state index in [9.17, 15) is 4.79 Å². The quantitative estimate of drug-likeness (QED) is 0.165. The zero-order valence-electron chi connectivity index (χ0n) is 30.7. The zero-order chi connectivity index (χ0) is 34.6. The summed E-state index contributed by atoms with van der Waals surface area (Å²) in [5, 5.41) is 0.606. The number of ether oxygens (including phenoxy) is 2.